The van der Waals surface area contributed by atoms with Crippen LogP contribution < -0.4 is 19.7 Å². The van der Waals surface area contributed by atoms with Crippen LogP contribution in [0.3, 0.4) is 0 Å². The summed E-state index contributed by atoms with van der Waals surface area (Å²) in [5.74, 6) is 0.834. The average molecular weight is 380 g/mol. The molecular weight excluding hydrogens is 356 g/mol. The van der Waals surface area contributed by atoms with Gasteiger partial charge in [-0.3, -0.25) is 9.59 Å². The van der Waals surface area contributed by atoms with Gasteiger partial charge < -0.3 is 19.7 Å². The minimum atomic E-state index is -0.286. The first kappa shape index (κ1) is 19.5. The Morgan fingerprint density at radius 2 is 1.96 bits per heavy atom. The quantitative estimate of drug-likeness (QED) is 0.819. The number of amides is 2. The number of para-hydroxylation sites is 2. The summed E-state index contributed by atoms with van der Waals surface area (Å²) < 4.78 is 10.8. The van der Waals surface area contributed by atoms with Crippen molar-refractivity contribution in [2.75, 3.05) is 31.0 Å². The Morgan fingerprint density at radius 1 is 1.18 bits per heavy atom. The highest BCUT2D eigenvalue weighted by molar-refractivity contribution is 6.08. The number of nitrogens with one attached hydrogen (secondary N) is 1. The van der Waals surface area contributed by atoms with Crippen LogP contribution in [0, 0.1) is 0 Å². The van der Waals surface area contributed by atoms with E-state index in [9.17, 15) is 9.59 Å². The van der Waals surface area contributed by atoms with E-state index in [4.69, 9.17) is 9.47 Å². The number of carbonyl (C=O) groups is 2. The van der Waals surface area contributed by atoms with Crippen molar-refractivity contribution in [2.24, 2.45) is 0 Å². The van der Waals surface area contributed by atoms with Crippen LogP contribution in [-0.4, -0.2) is 32.6 Å². The topological polar surface area (TPSA) is 67.9 Å². The summed E-state index contributed by atoms with van der Waals surface area (Å²) in [4.78, 5) is 26.8. The first-order chi connectivity index (χ1) is 13.6. The number of nitrogens with zero attached hydrogens (tertiary/aromatic N) is 1. The molecule has 0 radical (unpaired) electrons. The highest BCUT2D eigenvalue weighted by Gasteiger charge is 2.24. The molecule has 1 heterocycles. The predicted molar refractivity (Wildman–Crippen MR) is 110 cm³/mol. The molecule has 2 aromatic carbocycles. The minimum absolute atomic E-state index is 0.0724. The molecule has 1 aliphatic heterocycles. The molecule has 0 unspecified atom stereocenters. The lowest BCUT2D eigenvalue weighted by Gasteiger charge is -2.20. The van der Waals surface area contributed by atoms with Crippen LogP contribution in [0.5, 0.6) is 11.5 Å². The maximum atomic E-state index is 13.0. The number of ether oxygens (including phenoxy) is 2. The minimum Gasteiger partial charge on any atom is -0.493 e. The highest BCUT2D eigenvalue weighted by Crippen LogP contribution is 2.34. The standard InChI is InChI=1S/C22H24N2O4/c1-4-8-15-13-16(14-19(27-2)21(15)28-3)22(26)23-17-9-5-6-10-18(17)24-12-7-11-20(24)25/h4-6,8-10,13-14H,7,11-12H2,1-3H3,(H,23,26). The monoisotopic (exact) mass is 380 g/mol. The number of anilines is 2. The zero-order valence-electron chi connectivity index (χ0n) is 16.3. The molecule has 0 bridgehead atoms. The second-order valence-electron chi connectivity index (χ2n) is 6.42. The lowest BCUT2D eigenvalue weighted by Crippen LogP contribution is -2.25. The SMILES string of the molecule is CC=Cc1cc(C(=O)Nc2ccccc2N2CCCC2=O)cc(OC)c1OC. The van der Waals surface area contributed by atoms with Crippen LogP contribution >= 0.6 is 0 Å². The first-order valence-corrected chi connectivity index (χ1v) is 9.18. The van der Waals surface area contributed by atoms with Gasteiger partial charge in [-0.15, -0.1) is 0 Å². The van der Waals surface area contributed by atoms with E-state index in [1.165, 1.54) is 7.11 Å². The van der Waals surface area contributed by atoms with Crippen molar-refractivity contribution in [1.29, 1.82) is 0 Å². The molecule has 146 valence electrons. The molecule has 0 saturated carbocycles. The largest absolute Gasteiger partial charge is 0.493 e. The molecule has 6 nitrogen and oxygen atoms in total. The summed E-state index contributed by atoms with van der Waals surface area (Å²) >= 11 is 0. The molecule has 1 fully saturated rings. The van der Waals surface area contributed by atoms with Crippen molar-refractivity contribution in [3.63, 3.8) is 0 Å². The van der Waals surface area contributed by atoms with Crippen LogP contribution in [0.4, 0.5) is 11.4 Å². The van der Waals surface area contributed by atoms with E-state index in [1.54, 1.807) is 30.2 Å². The maximum Gasteiger partial charge on any atom is 0.255 e. The third kappa shape index (κ3) is 3.86. The van der Waals surface area contributed by atoms with Gasteiger partial charge in [0, 0.05) is 24.1 Å². The third-order valence-electron chi connectivity index (χ3n) is 4.63. The van der Waals surface area contributed by atoms with Gasteiger partial charge in [0.15, 0.2) is 11.5 Å². The lowest BCUT2D eigenvalue weighted by atomic mass is 10.1. The predicted octanol–water partition coefficient (Wildman–Crippen LogP) is 4.12. The van der Waals surface area contributed by atoms with Gasteiger partial charge in [-0.05, 0) is 37.6 Å². The summed E-state index contributed by atoms with van der Waals surface area (Å²) in [6.07, 6.45) is 5.08. The Bertz CT molecular complexity index is 921. The van der Waals surface area contributed by atoms with Crippen LogP contribution in [0.2, 0.25) is 0 Å². The average Bonchev–Trinajstić information content (AvgIpc) is 3.13. The van der Waals surface area contributed by atoms with Crippen LogP contribution in [0.1, 0.15) is 35.7 Å². The van der Waals surface area contributed by atoms with E-state index in [0.717, 1.165) is 12.0 Å². The van der Waals surface area contributed by atoms with Gasteiger partial charge in [0.25, 0.3) is 5.91 Å². The van der Waals surface area contributed by atoms with Gasteiger partial charge in [0.05, 0.1) is 25.6 Å². The number of benzene rings is 2. The van der Waals surface area contributed by atoms with Crippen molar-refractivity contribution >= 4 is 29.3 Å². The number of carbonyl (C=O) groups excluding carboxylic acids is 2. The van der Waals surface area contributed by atoms with E-state index in [-0.39, 0.29) is 11.8 Å². The molecule has 1 N–H and O–H groups in total. The fourth-order valence-corrected chi connectivity index (χ4v) is 3.34. The Kier molecular flexibility index (Phi) is 5.99. The molecule has 2 amide bonds. The van der Waals surface area contributed by atoms with E-state index < -0.39 is 0 Å². The Hall–Kier alpha value is -3.28. The summed E-state index contributed by atoms with van der Waals surface area (Å²) in [6.45, 7) is 2.55. The number of rotatable bonds is 6. The van der Waals surface area contributed by atoms with Crippen LogP contribution in [-0.2, 0) is 4.79 Å². The fraction of sp³-hybridized carbons (Fsp3) is 0.273. The van der Waals surface area contributed by atoms with Crippen molar-refractivity contribution in [3.05, 3.63) is 53.6 Å². The molecule has 1 saturated heterocycles. The second-order valence-corrected chi connectivity index (χ2v) is 6.42. The zero-order chi connectivity index (χ0) is 20.1. The number of methoxy groups -OCH3 is 2. The van der Waals surface area contributed by atoms with E-state index in [1.807, 2.05) is 37.3 Å². The van der Waals surface area contributed by atoms with Crippen LogP contribution in [0.25, 0.3) is 6.08 Å². The van der Waals surface area contributed by atoms with Gasteiger partial charge in [0.2, 0.25) is 5.91 Å². The number of allylic oxidation sites excluding steroid dienone is 1. The molecule has 6 heteroatoms. The second kappa shape index (κ2) is 8.61. The maximum absolute atomic E-state index is 13.0. The van der Waals surface area contributed by atoms with Crippen molar-refractivity contribution < 1.29 is 19.1 Å². The Morgan fingerprint density at radius 3 is 2.61 bits per heavy atom. The molecule has 0 spiro atoms. The molecule has 0 aliphatic carbocycles. The van der Waals surface area contributed by atoms with Gasteiger partial charge in [-0.2, -0.15) is 0 Å². The fourth-order valence-electron chi connectivity index (χ4n) is 3.34. The summed E-state index contributed by atoms with van der Waals surface area (Å²) in [5, 5.41) is 2.93. The normalized spacial score (nSPS) is 13.8. The smallest absolute Gasteiger partial charge is 0.255 e. The molecular formula is C22H24N2O4. The van der Waals surface area contributed by atoms with Gasteiger partial charge >= 0.3 is 0 Å². The van der Waals surface area contributed by atoms with Crippen molar-refractivity contribution in [1.82, 2.24) is 0 Å². The first-order valence-electron chi connectivity index (χ1n) is 9.18. The van der Waals surface area contributed by atoms with E-state index in [0.29, 0.717) is 41.4 Å². The lowest BCUT2D eigenvalue weighted by molar-refractivity contribution is -0.117. The molecule has 0 atom stereocenters. The van der Waals surface area contributed by atoms with Gasteiger partial charge in [-0.25, -0.2) is 0 Å². The summed E-state index contributed by atoms with van der Waals surface area (Å²) in [6, 6.07) is 10.7. The van der Waals surface area contributed by atoms with Crippen LogP contribution in [0.15, 0.2) is 42.5 Å². The van der Waals surface area contributed by atoms with Gasteiger partial charge in [0.1, 0.15) is 0 Å². The molecule has 28 heavy (non-hydrogen) atoms. The molecule has 3 rings (SSSR count). The van der Waals surface area contributed by atoms with Crippen molar-refractivity contribution in [3.8, 4) is 11.5 Å². The number of hydrogen-bond acceptors (Lipinski definition) is 4. The molecule has 2 aromatic rings. The highest BCUT2D eigenvalue weighted by atomic mass is 16.5. The summed E-state index contributed by atoms with van der Waals surface area (Å²) in [5.41, 5.74) is 2.50. The van der Waals surface area contributed by atoms with Gasteiger partial charge in [-0.1, -0.05) is 24.3 Å². The molecule has 0 aromatic heterocycles. The Balaban J connectivity index is 1.94. The van der Waals surface area contributed by atoms with E-state index >= 15 is 0 Å². The zero-order valence-corrected chi connectivity index (χ0v) is 16.3. The van der Waals surface area contributed by atoms with Crippen molar-refractivity contribution in [2.45, 2.75) is 19.8 Å². The molecule has 1 aliphatic rings. The third-order valence-corrected chi connectivity index (χ3v) is 4.63. The number of hydrogen-bond donors (Lipinski definition) is 1. The summed E-state index contributed by atoms with van der Waals surface area (Å²) in [7, 11) is 3.10. The van der Waals surface area contributed by atoms with E-state index in [2.05, 4.69) is 5.32 Å². The Labute approximate surface area is 164 Å².